The van der Waals surface area contributed by atoms with E-state index in [1.807, 2.05) is 32.2 Å². The standard InChI is InChI=1S/C17H24ClN3O/c1-11-3-6-16(15(18)7-11)20-17(22)10-21(2)14-8-12-4-5-13(9-14)19-12/h3,6-7,12-14,19H,4-5,8-10H2,1-2H3,(H,20,22). The lowest BCUT2D eigenvalue weighted by atomic mass is 9.98. The summed E-state index contributed by atoms with van der Waals surface area (Å²) in [5.41, 5.74) is 1.78. The van der Waals surface area contributed by atoms with Crippen molar-refractivity contribution < 1.29 is 4.79 Å². The van der Waals surface area contributed by atoms with Gasteiger partial charge in [0, 0.05) is 18.1 Å². The van der Waals surface area contributed by atoms with E-state index in [9.17, 15) is 4.79 Å². The molecule has 1 aromatic rings. The number of anilines is 1. The summed E-state index contributed by atoms with van der Waals surface area (Å²) < 4.78 is 0. The lowest BCUT2D eigenvalue weighted by Gasteiger charge is -2.35. The van der Waals surface area contributed by atoms with Crippen LogP contribution in [0, 0.1) is 6.92 Å². The second-order valence-corrected chi connectivity index (χ2v) is 7.12. The minimum Gasteiger partial charge on any atom is -0.324 e. The van der Waals surface area contributed by atoms with E-state index >= 15 is 0 Å². The minimum absolute atomic E-state index is 0.000803. The molecule has 120 valence electrons. The Morgan fingerprint density at radius 2 is 2.05 bits per heavy atom. The van der Waals surface area contributed by atoms with Crippen LogP contribution in [0.3, 0.4) is 0 Å². The Kier molecular flexibility index (Phi) is 4.71. The molecule has 4 nitrogen and oxygen atoms in total. The quantitative estimate of drug-likeness (QED) is 0.896. The fraction of sp³-hybridized carbons (Fsp3) is 0.588. The average Bonchev–Trinajstić information content (AvgIpc) is 2.80. The van der Waals surface area contributed by atoms with Crippen LogP contribution in [0.1, 0.15) is 31.2 Å². The van der Waals surface area contributed by atoms with E-state index in [4.69, 9.17) is 11.6 Å². The monoisotopic (exact) mass is 321 g/mol. The van der Waals surface area contributed by atoms with Gasteiger partial charge in [0.2, 0.25) is 5.91 Å². The number of halogens is 1. The van der Waals surface area contributed by atoms with E-state index in [0.29, 0.717) is 35.4 Å². The first-order chi connectivity index (χ1) is 10.5. The SMILES string of the molecule is Cc1ccc(NC(=O)CN(C)C2CC3CCC(C2)N3)c(Cl)c1. The molecular formula is C17H24ClN3O. The predicted octanol–water partition coefficient (Wildman–Crippen LogP) is 2.80. The molecule has 5 heteroatoms. The van der Waals surface area contributed by atoms with Crippen LogP contribution in [-0.2, 0) is 4.79 Å². The number of benzene rings is 1. The number of aryl methyl sites for hydroxylation is 1. The molecule has 2 heterocycles. The highest BCUT2D eigenvalue weighted by Gasteiger charge is 2.35. The molecule has 2 N–H and O–H groups in total. The van der Waals surface area contributed by atoms with E-state index in [1.54, 1.807) is 0 Å². The van der Waals surface area contributed by atoms with Crippen LogP contribution >= 0.6 is 11.6 Å². The maximum atomic E-state index is 12.3. The summed E-state index contributed by atoms with van der Waals surface area (Å²) in [5.74, 6) is -0.000803. The van der Waals surface area contributed by atoms with Gasteiger partial charge in [-0.15, -0.1) is 0 Å². The zero-order valence-electron chi connectivity index (χ0n) is 13.2. The highest BCUT2D eigenvalue weighted by atomic mass is 35.5. The highest BCUT2D eigenvalue weighted by Crippen LogP contribution is 2.29. The zero-order valence-corrected chi connectivity index (χ0v) is 14.0. The van der Waals surface area contributed by atoms with Gasteiger partial charge in [-0.1, -0.05) is 17.7 Å². The van der Waals surface area contributed by atoms with E-state index < -0.39 is 0 Å². The third-order valence-electron chi connectivity index (χ3n) is 4.86. The van der Waals surface area contributed by atoms with Crippen molar-refractivity contribution in [1.29, 1.82) is 0 Å². The van der Waals surface area contributed by atoms with Gasteiger partial charge in [0.25, 0.3) is 0 Å². The van der Waals surface area contributed by atoms with Crippen LogP contribution in [0.2, 0.25) is 5.02 Å². The molecule has 1 aromatic carbocycles. The van der Waals surface area contributed by atoms with Gasteiger partial charge >= 0.3 is 0 Å². The third kappa shape index (κ3) is 3.62. The molecule has 3 rings (SSSR count). The first-order valence-corrected chi connectivity index (χ1v) is 8.41. The number of likely N-dealkylation sites (N-methyl/N-ethyl adjacent to an activating group) is 1. The highest BCUT2D eigenvalue weighted by molar-refractivity contribution is 6.33. The van der Waals surface area contributed by atoms with Crippen molar-refractivity contribution in [2.24, 2.45) is 0 Å². The van der Waals surface area contributed by atoms with Gasteiger partial charge in [-0.2, -0.15) is 0 Å². The maximum Gasteiger partial charge on any atom is 0.238 e. The second kappa shape index (κ2) is 6.57. The molecule has 2 saturated heterocycles. The summed E-state index contributed by atoms with van der Waals surface area (Å²) >= 11 is 6.17. The number of nitrogens with one attached hydrogen (secondary N) is 2. The van der Waals surface area contributed by atoms with Gasteiger partial charge in [-0.25, -0.2) is 0 Å². The van der Waals surface area contributed by atoms with Crippen molar-refractivity contribution in [1.82, 2.24) is 10.2 Å². The van der Waals surface area contributed by atoms with Gasteiger partial charge in [0.15, 0.2) is 0 Å². The van der Waals surface area contributed by atoms with Crippen molar-refractivity contribution >= 4 is 23.2 Å². The molecule has 0 aliphatic carbocycles. The molecular weight excluding hydrogens is 298 g/mol. The summed E-state index contributed by atoms with van der Waals surface area (Å²) in [6.45, 7) is 2.39. The van der Waals surface area contributed by atoms with Crippen LogP contribution in [0.15, 0.2) is 18.2 Å². The van der Waals surface area contributed by atoms with Crippen LogP contribution < -0.4 is 10.6 Å². The number of hydrogen-bond donors (Lipinski definition) is 2. The molecule has 2 aliphatic heterocycles. The fourth-order valence-electron chi connectivity index (χ4n) is 3.65. The second-order valence-electron chi connectivity index (χ2n) is 6.71. The first-order valence-electron chi connectivity index (χ1n) is 8.03. The van der Waals surface area contributed by atoms with E-state index in [1.165, 1.54) is 12.8 Å². The number of fused-ring (bicyclic) bond motifs is 2. The number of carbonyl (C=O) groups is 1. The Morgan fingerprint density at radius 1 is 1.36 bits per heavy atom. The Balaban J connectivity index is 1.55. The molecule has 1 amide bonds. The Morgan fingerprint density at radius 3 is 2.68 bits per heavy atom. The van der Waals surface area contributed by atoms with Gasteiger partial charge in [-0.05, 0) is 57.4 Å². The Bertz CT molecular complexity index is 551. The normalized spacial score (nSPS) is 27.2. The summed E-state index contributed by atoms with van der Waals surface area (Å²) in [6, 6.07) is 7.46. The van der Waals surface area contributed by atoms with Crippen molar-refractivity contribution in [2.45, 2.75) is 50.7 Å². The summed E-state index contributed by atoms with van der Waals surface area (Å²) in [4.78, 5) is 14.4. The number of carbonyl (C=O) groups excluding carboxylic acids is 1. The smallest absolute Gasteiger partial charge is 0.238 e. The minimum atomic E-state index is -0.000803. The summed E-state index contributed by atoms with van der Waals surface area (Å²) in [5, 5.41) is 7.15. The average molecular weight is 322 g/mol. The molecule has 2 bridgehead atoms. The van der Waals surface area contributed by atoms with Crippen LogP contribution in [0.4, 0.5) is 5.69 Å². The molecule has 2 unspecified atom stereocenters. The number of hydrogen-bond acceptors (Lipinski definition) is 3. The van der Waals surface area contributed by atoms with Gasteiger partial charge < -0.3 is 10.6 Å². The van der Waals surface area contributed by atoms with Crippen molar-refractivity contribution in [3.05, 3.63) is 28.8 Å². The van der Waals surface area contributed by atoms with E-state index in [0.717, 1.165) is 18.4 Å². The van der Waals surface area contributed by atoms with Gasteiger partial charge in [0.05, 0.1) is 17.3 Å². The third-order valence-corrected chi connectivity index (χ3v) is 5.18. The lowest BCUT2D eigenvalue weighted by Crippen LogP contribution is -2.48. The predicted molar refractivity (Wildman–Crippen MR) is 90.4 cm³/mol. The molecule has 2 aliphatic rings. The fourth-order valence-corrected chi connectivity index (χ4v) is 3.94. The van der Waals surface area contributed by atoms with E-state index in [-0.39, 0.29) is 5.91 Å². The lowest BCUT2D eigenvalue weighted by molar-refractivity contribution is -0.117. The number of rotatable bonds is 4. The number of piperidine rings is 1. The number of amides is 1. The zero-order chi connectivity index (χ0) is 15.7. The maximum absolute atomic E-state index is 12.3. The number of nitrogens with zero attached hydrogens (tertiary/aromatic N) is 1. The Hall–Kier alpha value is -1.10. The van der Waals surface area contributed by atoms with Crippen LogP contribution in [0.5, 0.6) is 0 Å². The van der Waals surface area contributed by atoms with Crippen LogP contribution in [-0.4, -0.2) is 42.5 Å². The van der Waals surface area contributed by atoms with E-state index in [2.05, 4.69) is 15.5 Å². The van der Waals surface area contributed by atoms with Crippen molar-refractivity contribution in [2.75, 3.05) is 18.9 Å². The summed E-state index contributed by atoms with van der Waals surface area (Å²) in [7, 11) is 2.05. The Labute approximate surface area is 137 Å². The van der Waals surface area contributed by atoms with Gasteiger partial charge in [0.1, 0.15) is 0 Å². The molecule has 2 fully saturated rings. The van der Waals surface area contributed by atoms with Crippen molar-refractivity contribution in [3.8, 4) is 0 Å². The molecule has 2 atom stereocenters. The first kappa shape index (κ1) is 15.8. The largest absolute Gasteiger partial charge is 0.324 e. The van der Waals surface area contributed by atoms with Gasteiger partial charge in [-0.3, -0.25) is 9.69 Å². The van der Waals surface area contributed by atoms with Crippen LogP contribution in [0.25, 0.3) is 0 Å². The molecule has 0 saturated carbocycles. The molecule has 0 aromatic heterocycles. The molecule has 0 spiro atoms. The summed E-state index contributed by atoms with van der Waals surface area (Å²) in [6.07, 6.45) is 4.84. The molecule has 22 heavy (non-hydrogen) atoms. The topological polar surface area (TPSA) is 44.4 Å². The molecule has 0 radical (unpaired) electrons. The van der Waals surface area contributed by atoms with Crippen molar-refractivity contribution in [3.63, 3.8) is 0 Å².